The number of amides is 1. The Kier molecular flexibility index (Phi) is 6.25. The minimum Gasteiger partial charge on any atom is -0.483 e. The van der Waals surface area contributed by atoms with Crippen LogP contribution in [0.4, 0.5) is 0 Å². The first kappa shape index (κ1) is 16.8. The third-order valence-electron chi connectivity index (χ3n) is 4.42. The van der Waals surface area contributed by atoms with E-state index >= 15 is 0 Å². The molecule has 0 saturated carbocycles. The molecule has 0 radical (unpaired) electrons. The van der Waals surface area contributed by atoms with Crippen LogP contribution >= 0.6 is 0 Å². The number of quaternary nitrogens is 1. The summed E-state index contributed by atoms with van der Waals surface area (Å²) in [4.78, 5) is 13.7. The van der Waals surface area contributed by atoms with Crippen LogP contribution in [-0.2, 0) is 4.79 Å². The molecular weight excluding hydrogens is 276 g/mol. The number of benzene rings is 1. The molecule has 22 heavy (non-hydrogen) atoms. The van der Waals surface area contributed by atoms with E-state index in [2.05, 4.69) is 12.2 Å². The molecule has 0 aromatic heterocycles. The summed E-state index contributed by atoms with van der Waals surface area (Å²) in [7, 11) is 0. The van der Waals surface area contributed by atoms with Gasteiger partial charge in [-0.05, 0) is 31.4 Å². The Hall–Kier alpha value is -1.55. The maximum Gasteiger partial charge on any atom is 0.258 e. The summed E-state index contributed by atoms with van der Waals surface area (Å²) in [5.74, 6) is 0.825. The Morgan fingerprint density at radius 1 is 1.27 bits per heavy atom. The lowest BCUT2D eigenvalue weighted by molar-refractivity contribution is -0.905. The molecule has 1 saturated heterocycles. The fourth-order valence-electron chi connectivity index (χ4n) is 3.21. The van der Waals surface area contributed by atoms with Crippen LogP contribution in [0.5, 0.6) is 5.75 Å². The Morgan fingerprint density at radius 2 is 1.91 bits per heavy atom. The van der Waals surface area contributed by atoms with Crippen LogP contribution < -0.4 is 15.0 Å². The summed E-state index contributed by atoms with van der Waals surface area (Å²) in [6, 6.07) is 6.33. The molecule has 0 aliphatic carbocycles. The molecule has 4 nitrogen and oxygen atoms in total. The number of aryl methyl sites for hydroxylation is 2. The van der Waals surface area contributed by atoms with Gasteiger partial charge in [0.1, 0.15) is 5.75 Å². The Bertz CT molecular complexity index is 474. The topological polar surface area (TPSA) is 42.8 Å². The maximum absolute atomic E-state index is 12.1. The molecule has 1 aromatic rings. The summed E-state index contributed by atoms with van der Waals surface area (Å²) >= 11 is 0. The third kappa shape index (κ3) is 4.73. The average molecular weight is 305 g/mol. The summed E-state index contributed by atoms with van der Waals surface area (Å²) in [6.07, 6.45) is 3.38. The fourth-order valence-corrected chi connectivity index (χ4v) is 3.21. The number of hydrogen-bond donors (Lipinski definition) is 2. The van der Waals surface area contributed by atoms with E-state index < -0.39 is 0 Å². The number of piperidine rings is 1. The van der Waals surface area contributed by atoms with Gasteiger partial charge in [0, 0.05) is 18.9 Å². The highest BCUT2D eigenvalue weighted by molar-refractivity contribution is 5.77. The van der Waals surface area contributed by atoms with E-state index in [-0.39, 0.29) is 12.5 Å². The molecule has 4 heteroatoms. The first-order valence-electron chi connectivity index (χ1n) is 8.42. The van der Waals surface area contributed by atoms with E-state index in [9.17, 15) is 4.79 Å². The molecule has 0 bridgehead atoms. The zero-order valence-corrected chi connectivity index (χ0v) is 14.1. The van der Waals surface area contributed by atoms with Gasteiger partial charge in [-0.1, -0.05) is 25.1 Å². The van der Waals surface area contributed by atoms with E-state index in [1.807, 2.05) is 32.0 Å². The van der Waals surface area contributed by atoms with Crippen molar-refractivity contribution in [3.05, 3.63) is 29.3 Å². The predicted molar refractivity (Wildman–Crippen MR) is 88.4 cm³/mol. The van der Waals surface area contributed by atoms with Gasteiger partial charge in [0.25, 0.3) is 5.91 Å². The standard InChI is InChI=1S/C18H28N2O2/c1-4-10-20-11-8-16(9-12-20)19-17(21)13-22-18-14(2)6-5-7-15(18)3/h5-7,16H,4,8-13H2,1-3H3,(H,19,21)/p+1. The molecule has 1 heterocycles. The number of nitrogens with one attached hydrogen (secondary N) is 2. The first-order valence-corrected chi connectivity index (χ1v) is 8.42. The van der Waals surface area contributed by atoms with Crippen LogP contribution in [-0.4, -0.2) is 38.2 Å². The van der Waals surface area contributed by atoms with E-state index in [0.29, 0.717) is 6.04 Å². The van der Waals surface area contributed by atoms with Gasteiger partial charge in [-0.15, -0.1) is 0 Å². The number of rotatable bonds is 6. The van der Waals surface area contributed by atoms with Crippen molar-refractivity contribution in [3.63, 3.8) is 0 Å². The zero-order valence-electron chi connectivity index (χ0n) is 14.1. The number of carbonyl (C=O) groups is 1. The Balaban J connectivity index is 1.75. The molecule has 0 unspecified atom stereocenters. The minimum absolute atomic E-state index is 0.00778. The van der Waals surface area contributed by atoms with Gasteiger partial charge in [0.15, 0.2) is 6.61 Å². The second-order valence-electron chi connectivity index (χ2n) is 6.35. The summed E-state index contributed by atoms with van der Waals surface area (Å²) < 4.78 is 5.71. The van der Waals surface area contributed by atoms with Crippen LogP contribution in [0.15, 0.2) is 18.2 Å². The number of carbonyl (C=O) groups excluding carboxylic acids is 1. The monoisotopic (exact) mass is 305 g/mol. The Morgan fingerprint density at radius 3 is 2.50 bits per heavy atom. The van der Waals surface area contributed by atoms with Crippen LogP contribution in [0.3, 0.4) is 0 Å². The highest BCUT2D eigenvalue weighted by atomic mass is 16.5. The van der Waals surface area contributed by atoms with Crippen molar-refractivity contribution in [3.8, 4) is 5.75 Å². The van der Waals surface area contributed by atoms with Crippen LogP contribution in [0.2, 0.25) is 0 Å². The number of hydrogen-bond acceptors (Lipinski definition) is 2. The highest BCUT2D eigenvalue weighted by Gasteiger charge is 2.22. The largest absolute Gasteiger partial charge is 0.483 e. The normalized spacial score (nSPS) is 21.4. The van der Waals surface area contributed by atoms with Gasteiger partial charge in [0.2, 0.25) is 0 Å². The van der Waals surface area contributed by atoms with Crippen molar-refractivity contribution in [1.82, 2.24) is 5.32 Å². The van der Waals surface area contributed by atoms with E-state index in [1.165, 1.54) is 13.0 Å². The second kappa shape index (κ2) is 8.18. The molecule has 122 valence electrons. The van der Waals surface area contributed by atoms with Crippen molar-refractivity contribution < 1.29 is 14.4 Å². The zero-order chi connectivity index (χ0) is 15.9. The number of para-hydroxylation sites is 1. The smallest absolute Gasteiger partial charge is 0.258 e. The van der Waals surface area contributed by atoms with Crippen LogP contribution in [0.25, 0.3) is 0 Å². The van der Waals surface area contributed by atoms with Crippen molar-refractivity contribution in [2.45, 2.75) is 46.1 Å². The lowest BCUT2D eigenvalue weighted by Gasteiger charge is -2.29. The number of ether oxygens (including phenoxy) is 1. The summed E-state index contributed by atoms with van der Waals surface area (Å²) in [5, 5.41) is 3.11. The molecule has 0 atom stereocenters. The third-order valence-corrected chi connectivity index (χ3v) is 4.42. The molecule has 1 amide bonds. The maximum atomic E-state index is 12.1. The predicted octanol–water partition coefficient (Wildman–Crippen LogP) is 1.26. The summed E-state index contributed by atoms with van der Waals surface area (Å²) in [5.41, 5.74) is 2.15. The van der Waals surface area contributed by atoms with Gasteiger partial charge in [-0.3, -0.25) is 4.79 Å². The molecule has 1 aromatic carbocycles. The quantitative estimate of drug-likeness (QED) is 0.831. The molecule has 1 aliphatic heterocycles. The molecule has 1 aliphatic rings. The molecule has 2 rings (SSSR count). The van der Waals surface area contributed by atoms with E-state index in [4.69, 9.17) is 4.74 Å². The van der Waals surface area contributed by atoms with Crippen LogP contribution in [0, 0.1) is 13.8 Å². The van der Waals surface area contributed by atoms with E-state index in [0.717, 1.165) is 42.8 Å². The summed E-state index contributed by atoms with van der Waals surface area (Å²) in [6.45, 7) is 9.92. The second-order valence-corrected chi connectivity index (χ2v) is 6.35. The number of likely N-dealkylation sites (tertiary alicyclic amines) is 1. The van der Waals surface area contributed by atoms with Crippen molar-refractivity contribution >= 4 is 5.91 Å². The average Bonchev–Trinajstić information content (AvgIpc) is 2.49. The lowest BCUT2D eigenvalue weighted by Crippen LogP contribution is -3.13. The molecular formula is C18H29N2O2+. The highest BCUT2D eigenvalue weighted by Crippen LogP contribution is 2.22. The van der Waals surface area contributed by atoms with Crippen molar-refractivity contribution in [2.24, 2.45) is 0 Å². The van der Waals surface area contributed by atoms with Crippen molar-refractivity contribution in [1.29, 1.82) is 0 Å². The molecule has 1 fully saturated rings. The van der Waals surface area contributed by atoms with Gasteiger partial charge in [0.05, 0.1) is 19.6 Å². The van der Waals surface area contributed by atoms with E-state index in [1.54, 1.807) is 4.90 Å². The SMILES string of the molecule is CCC[NH+]1CCC(NC(=O)COc2c(C)cccc2C)CC1. The fraction of sp³-hybridized carbons (Fsp3) is 0.611. The van der Waals surface area contributed by atoms with Gasteiger partial charge < -0.3 is 15.0 Å². The van der Waals surface area contributed by atoms with Gasteiger partial charge in [-0.25, -0.2) is 0 Å². The first-order chi connectivity index (χ1) is 10.6. The van der Waals surface area contributed by atoms with Crippen LogP contribution in [0.1, 0.15) is 37.3 Å². The Labute approximate surface area is 133 Å². The van der Waals surface area contributed by atoms with Crippen molar-refractivity contribution in [2.75, 3.05) is 26.2 Å². The van der Waals surface area contributed by atoms with Gasteiger partial charge in [-0.2, -0.15) is 0 Å². The van der Waals surface area contributed by atoms with Gasteiger partial charge >= 0.3 is 0 Å². The molecule has 2 N–H and O–H groups in total. The molecule has 0 spiro atoms. The lowest BCUT2D eigenvalue weighted by atomic mass is 10.0. The minimum atomic E-state index is -0.00778.